The van der Waals surface area contributed by atoms with E-state index in [-0.39, 0.29) is 5.91 Å². The van der Waals surface area contributed by atoms with Gasteiger partial charge in [-0.15, -0.1) is 0 Å². The van der Waals surface area contributed by atoms with Gasteiger partial charge in [0, 0.05) is 44.2 Å². The van der Waals surface area contributed by atoms with Crippen LogP contribution in [-0.4, -0.2) is 59.2 Å². The van der Waals surface area contributed by atoms with Crippen LogP contribution in [0.25, 0.3) is 0 Å². The summed E-state index contributed by atoms with van der Waals surface area (Å²) in [7, 11) is 1.60. The first-order chi connectivity index (χ1) is 12.7. The summed E-state index contributed by atoms with van der Waals surface area (Å²) in [6, 6.07) is 1.83. The zero-order chi connectivity index (χ0) is 18.1. The lowest BCUT2D eigenvalue weighted by Crippen LogP contribution is -2.49. The van der Waals surface area contributed by atoms with Crippen molar-refractivity contribution in [2.45, 2.75) is 32.6 Å². The molecule has 1 saturated heterocycles. The summed E-state index contributed by atoms with van der Waals surface area (Å²) in [5, 5.41) is 4.07. The summed E-state index contributed by atoms with van der Waals surface area (Å²) in [5.74, 6) is 2.93. The highest BCUT2D eigenvalue weighted by Gasteiger charge is 2.29. The van der Waals surface area contributed by atoms with Gasteiger partial charge in [-0.3, -0.25) is 4.79 Å². The minimum atomic E-state index is -0.0204. The number of methoxy groups -OCH3 is 1. The number of fused-ring (bicyclic) bond motifs is 1. The Hall–Kier alpha value is -2.64. The maximum atomic E-state index is 12.9. The Kier molecular flexibility index (Phi) is 4.48. The van der Waals surface area contributed by atoms with E-state index in [1.165, 1.54) is 0 Å². The number of hydrogen-bond acceptors (Lipinski definition) is 7. The van der Waals surface area contributed by atoms with E-state index in [1.54, 1.807) is 7.11 Å². The molecule has 8 nitrogen and oxygen atoms in total. The number of rotatable bonds is 3. The van der Waals surface area contributed by atoms with E-state index in [2.05, 4.69) is 20.0 Å². The average molecular weight is 357 g/mol. The predicted octanol–water partition coefficient (Wildman–Crippen LogP) is 1.62. The van der Waals surface area contributed by atoms with Crippen molar-refractivity contribution in [3.8, 4) is 5.88 Å². The molecular weight excluding hydrogens is 334 g/mol. The van der Waals surface area contributed by atoms with Crippen molar-refractivity contribution < 1.29 is 14.1 Å². The molecule has 0 radical (unpaired) electrons. The number of carbonyl (C=O) groups excluding carboxylic acids is 1. The third-order valence-corrected chi connectivity index (χ3v) is 5.05. The van der Waals surface area contributed by atoms with Crippen LogP contribution in [0.15, 0.2) is 10.6 Å². The summed E-state index contributed by atoms with van der Waals surface area (Å²) in [6.45, 7) is 4.54. The normalized spacial score (nSPS) is 17.2. The minimum Gasteiger partial charge on any atom is -0.481 e. The largest absolute Gasteiger partial charge is 0.481 e. The van der Waals surface area contributed by atoms with Crippen molar-refractivity contribution in [2.24, 2.45) is 0 Å². The van der Waals surface area contributed by atoms with Crippen molar-refractivity contribution in [2.75, 3.05) is 38.2 Å². The number of hydrogen-bond donors (Lipinski definition) is 0. The Bertz CT molecular complexity index is 811. The number of aromatic nitrogens is 3. The van der Waals surface area contributed by atoms with Gasteiger partial charge in [-0.2, -0.15) is 4.98 Å². The SMILES string of the molecule is COc1cc(N2CCN(C(=O)c3noc4c3CCCC4)CC2)nc(C)n1. The maximum Gasteiger partial charge on any atom is 0.276 e. The van der Waals surface area contributed by atoms with Crippen LogP contribution in [0, 0.1) is 6.92 Å². The number of ether oxygens (including phenoxy) is 1. The van der Waals surface area contributed by atoms with Crippen molar-refractivity contribution in [1.82, 2.24) is 20.0 Å². The van der Waals surface area contributed by atoms with E-state index < -0.39 is 0 Å². The molecule has 1 amide bonds. The van der Waals surface area contributed by atoms with Crippen LogP contribution in [0.5, 0.6) is 5.88 Å². The number of amides is 1. The highest BCUT2D eigenvalue weighted by Crippen LogP contribution is 2.26. The molecule has 2 aliphatic rings. The van der Waals surface area contributed by atoms with Crippen LogP contribution >= 0.6 is 0 Å². The van der Waals surface area contributed by atoms with Gasteiger partial charge in [0.25, 0.3) is 5.91 Å². The molecule has 1 aliphatic carbocycles. The van der Waals surface area contributed by atoms with E-state index in [1.807, 2.05) is 17.9 Å². The fourth-order valence-electron chi connectivity index (χ4n) is 3.63. The van der Waals surface area contributed by atoms with Crippen molar-refractivity contribution >= 4 is 11.7 Å². The summed E-state index contributed by atoms with van der Waals surface area (Å²) >= 11 is 0. The average Bonchev–Trinajstić information content (AvgIpc) is 3.11. The summed E-state index contributed by atoms with van der Waals surface area (Å²) in [5.41, 5.74) is 1.52. The second-order valence-corrected chi connectivity index (χ2v) is 6.73. The van der Waals surface area contributed by atoms with Crippen molar-refractivity contribution in [1.29, 1.82) is 0 Å². The van der Waals surface area contributed by atoms with E-state index in [4.69, 9.17) is 9.26 Å². The van der Waals surface area contributed by atoms with Gasteiger partial charge in [0.2, 0.25) is 5.88 Å². The lowest BCUT2D eigenvalue weighted by Gasteiger charge is -2.35. The van der Waals surface area contributed by atoms with Gasteiger partial charge in [-0.25, -0.2) is 4.98 Å². The van der Waals surface area contributed by atoms with Crippen LogP contribution < -0.4 is 9.64 Å². The van der Waals surface area contributed by atoms with Gasteiger partial charge in [0.1, 0.15) is 17.4 Å². The highest BCUT2D eigenvalue weighted by atomic mass is 16.5. The number of piperazine rings is 1. The van der Waals surface area contributed by atoms with E-state index >= 15 is 0 Å². The number of anilines is 1. The quantitative estimate of drug-likeness (QED) is 0.825. The van der Waals surface area contributed by atoms with Crippen molar-refractivity contribution in [3.05, 3.63) is 28.9 Å². The molecule has 0 saturated carbocycles. The zero-order valence-corrected chi connectivity index (χ0v) is 15.2. The molecule has 0 spiro atoms. The molecule has 0 unspecified atom stereocenters. The van der Waals surface area contributed by atoms with Gasteiger partial charge in [-0.1, -0.05) is 5.16 Å². The molecule has 1 fully saturated rings. The van der Waals surface area contributed by atoms with Gasteiger partial charge < -0.3 is 19.1 Å². The first kappa shape index (κ1) is 16.8. The maximum absolute atomic E-state index is 12.9. The molecule has 26 heavy (non-hydrogen) atoms. The highest BCUT2D eigenvalue weighted by molar-refractivity contribution is 5.94. The van der Waals surface area contributed by atoms with Crippen LogP contribution in [-0.2, 0) is 12.8 Å². The number of carbonyl (C=O) groups is 1. The molecule has 138 valence electrons. The smallest absolute Gasteiger partial charge is 0.276 e. The fraction of sp³-hybridized carbons (Fsp3) is 0.556. The Morgan fingerprint density at radius 3 is 2.69 bits per heavy atom. The molecule has 0 atom stereocenters. The van der Waals surface area contributed by atoms with Crippen LogP contribution in [0.1, 0.15) is 40.5 Å². The molecule has 2 aromatic rings. The third-order valence-electron chi connectivity index (χ3n) is 5.05. The monoisotopic (exact) mass is 357 g/mol. The first-order valence-corrected chi connectivity index (χ1v) is 9.07. The van der Waals surface area contributed by atoms with E-state index in [9.17, 15) is 4.79 Å². The van der Waals surface area contributed by atoms with Gasteiger partial charge in [0.15, 0.2) is 5.69 Å². The molecule has 4 rings (SSSR count). The topological polar surface area (TPSA) is 84.6 Å². The Labute approximate surface area is 152 Å². The van der Waals surface area contributed by atoms with Crippen LogP contribution in [0.4, 0.5) is 5.82 Å². The Balaban J connectivity index is 1.44. The summed E-state index contributed by atoms with van der Waals surface area (Å²) in [6.07, 6.45) is 3.98. The summed E-state index contributed by atoms with van der Waals surface area (Å²) in [4.78, 5) is 25.6. The van der Waals surface area contributed by atoms with Crippen LogP contribution in [0.2, 0.25) is 0 Å². The summed E-state index contributed by atoms with van der Waals surface area (Å²) < 4.78 is 10.6. The second kappa shape index (κ2) is 6.93. The predicted molar refractivity (Wildman–Crippen MR) is 94.6 cm³/mol. The van der Waals surface area contributed by atoms with E-state index in [0.29, 0.717) is 43.6 Å². The van der Waals surface area contributed by atoms with Gasteiger partial charge >= 0.3 is 0 Å². The lowest BCUT2D eigenvalue weighted by molar-refractivity contribution is 0.0735. The minimum absolute atomic E-state index is 0.0204. The van der Waals surface area contributed by atoms with E-state index in [0.717, 1.165) is 42.8 Å². The zero-order valence-electron chi connectivity index (χ0n) is 15.2. The third kappa shape index (κ3) is 3.11. The first-order valence-electron chi connectivity index (χ1n) is 9.07. The van der Waals surface area contributed by atoms with Gasteiger partial charge in [-0.05, 0) is 26.2 Å². The molecule has 8 heteroatoms. The molecule has 0 bridgehead atoms. The number of aryl methyl sites for hydroxylation is 2. The molecule has 0 N–H and O–H groups in total. The van der Waals surface area contributed by atoms with Gasteiger partial charge in [0.05, 0.1) is 7.11 Å². The fourth-order valence-corrected chi connectivity index (χ4v) is 3.63. The molecule has 2 aromatic heterocycles. The molecule has 0 aromatic carbocycles. The van der Waals surface area contributed by atoms with Crippen molar-refractivity contribution in [3.63, 3.8) is 0 Å². The Morgan fingerprint density at radius 2 is 1.92 bits per heavy atom. The standard InChI is InChI=1S/C18H23N5O3/c1-12-19-15(11-16(20-12)25-2)22-7-9-23(10-8-22)18(24)17-13-5-3-4-6-14(13)26-21-17/h11H,3-10H2,1-2H3. The molecule has 1 aliphatic heterocycles. The van der Waals surface area contributed by atoms with Crippen LogP contribution in [0.3, 0.4) is 0 Å². The second-order valence-electron chi connectivity index (χ2n) is 6.73. The molecule has 3 heterocycles. The Morgan fingerprint density at radius 1 is 1.15 bits per heavy atom. The molecular formula is C18H23N5O3. The lowest BCUT2D eigenvalue weighted by atomic mass is 9.96. The number of nitrogens with zero attached hydrogens (tertiary/aromatic N) is 5.